The molecule has 23 heavy (non-hydrogen) atoms. The monoisotopic (exact) mass is 342 g/mol. The smallest absolute Gasteiger partial charge is 0.219 e. The average molecular weight is 342 g/mol. The topological polar surface area (TPSA) is 190 Å². The Morgan fingerprint density at radius 1 is 0.826 bits per heavy atom. The van der Waals surface area contributed by atoms with Crippen molar-refractivity contribution in [3.8, 4) is 0 Å². The maximum Gasteiger partial charge on any atom is 0.219 e. The van der Waals surface area contributed by atoms with Gasteiger partial charge in [0.15, 0.2) is 6.29 Å². The quantitative estimate of drug-likeness (QED) is 0.238. The van der Waals surface area contributed by atoms with Crippen molar-refractivity contribution in [2.24, 2.45) is 0 Å². The summed E-state index contributed by atoms with van der Waals surface area (Å²) in [6.07, 6.45) is -12.4. The van der Waals surface area contributed by atoms with E-state index in [2.05, 4.69) is 0 Å². The SMILES string of the molecule is OC[C@H]1OC(O)(CO)[C@@H](O[C@H]2O[C@H](CO)[C@@H](O)[C@H](O)[C@H]2O)[C@@H]1O. The molecule has 0 radical (unpaired) electrons. The number of aliphatic hydroxyl groups is 8. The molecule has 1 unspecified atom stereocenters. The minimum atomic E-state index is -2.37. The van der Waals surface area contributed by atoms with Gasteiger partial charge >= 0.3 is 0 Å². The molecule has 2 aliphatic rings. The van der Waals surface area contributed by atoms with Gasteiger partial charge in [-0.1, -0.05) is 0 Å². The van der Waals surface area contributed by atoms with Crippen LogP contribution in [-0.2, 0) is 14.2 Å². The van der Waals surface area contributed by atoms with Gasteiger partial charge in [0.2, 0.25) is 5.79 Å². The van der Waals surface area contributed by atoms with Crippen molar-refractivity contribution in [2.45, 2.75) is 54.8 Å². The van der Waals surface area contributed by atoms with Crippen LogP contribution in [0.3, 0.4) is 0 Å². The highest BCUT2D eigenvalue weighted by atomic mass is 16.7. The van der Waals surface area contributed by atoms with E-state index >= 15 is 0 Å². The molecule has 0 bridgehead atoms. The Labute approximate surface area is 130 Å². The molecular weight excluding hydrogens is 320 g/mol. The summed E-state index contributed by atoms with van der Waals surface area (Å²) in [5, 5.41) is 76.7. The number of hydrogen-bond acceptors (Lipinski definition) is 11. The third-order valence-electron chi connectivity index (χ3n) is 4.03. The third-order valence-corrected chi connectivity index (χ3v) is 4.03. The Bertz CT molecular complexity index is 393. The Morgan fingerprint density at radius 2 is 1.43 bits per heavy atom. The second-order valence-electron chi connectivity index (χ2n) is 5.59. The highest BCUT2D eigenvalue weighted by molar-refractivity contribution is 4.98. The zero-order valence-corrected chi connectivity index (χ0v) is 12.0. The highest BCUT2D eigenvalue weighted by Gasteiger charge is 2.57. The van der Waals surface area contributed by atoms with Crippen LogP contribution in [-0.4, -0.2) is 115 Å². The molecule has 0 amide bonds. The first kappa shape index (κ1) is 18.9. The van der Waals surface area contributed by atoms with Crippen LogP contribution in [0.4, 0.5) is 0 Å². The van der Waals surface area contributed by atoms with E-state index in [0.29, 0.717) is 0 Å². The Hall–Kier alpha value is -0.440. The van der Waals surface area contributed by atoms with Crippen molar-refractivity contribution < 1.29 is 55.1 Å². The first-order valence-electron chi connectivity index (χ1n) is 7.05. The van der Waals surface area contributed by atoms with Crippen LogP contribution < -0.4 is 0 Å². The van der Waals surface area contributed by atoms with Gasteiger partial charge in [-0.2, -0.15) is 0 Å². The van der Waals surface area contributed by atoms with Crippen molar-refractivity contribution in [2.75, 3.05) is 19.8 Å². The van der Waals surface area contributed by atoms with Gasteiger partial charge in [-0.15, -0.1) is 0 Å². The van der Waals surface area contributed by atoms with E-state index in [-0.39, 0.29) is 0 Å². The molecule has 0 aromatic carbocycles. The van der Waals surface area contributed by atoms with E-state index < -0.39 is 74.6 Å². The summed E-state index contributed by atoms with van der Waals surface area (Å²) in [5.41, 5.74) is 0. The molecule has 0 aromatic rings. The predicted molar refractivity (Wildman–Crippen MR) is 68.6 cm³/mol. The maximum atomic E-state index is 10.1. The van der Waals surface area contributed by atoms with Crippen LogP contribution in [0.15, 0.2) is 0 Å². The largest absolute Gasteiger partial charge is 0.394 e. The molecule has 0 aliphatic carbocycles. The van der Waals surface area contributed by atoms with Gasteiger partial charge in [0.1, 0.15) is 42.7 Å². The summed E-state index contributed by atoms with van der Waals surface area (Å²) in [6, 6.07) is 0. The van der Waals surface area contributed by atoms with Crippen LogP contribution in [0.5, 0.6) is 0 Å². The maximum absolute atomic E-state index is 10.1. The molecule has 136 valence electrons. The Kier molecular flexibility index (Phi) is 5.92. The van der Waals surface area contributed by atoms with E-state index in [4.69, 9.17) is 24.4 Å². The lowest BCUT2D eigenvalue weighted by Gasteiger charge is -2.41. The summed E-state index contributed by atoms with van der Waals surface area (Å²) in [4.78, 5) is 0. The fourth-order valence-corrected chi connectivity index (χ4v) is 2.64. The molecule has 0 aromatic heterocycles. The summed E-state index contributed by atoms with van der Waals surface area (Å²) >= 11 is 0. The van der Waals surface area contributed by atoms with E-state index in [1.165, 1.54) is 0 Å². The lowest BCUT2D eigenvalue weighted by atomic mass is 9.99. The molecule has 0 saturated carbocycles. The standard InChI is InChI=1S/C12H22O11/c13-1-4-6(16)8(18)9(19)11(21-4)22-10-7(17)5(2-14)23-12(10,20)3-15/h4-11,13-20H,1-3H2/t4-,5-,6-,7-,8+,9-,10+,11-,12?/m1/s1. The van der Waals surface area contributed by atoms with Crippen LogP contribution >= 0.6 is 0 Å². The third kappa shape index (κ3) is 3.36. The van der Waals surface area contributed by atoms with Crippen molar-refractivity contribution in [1.82, 2.24) is 0 Å². The van der Waals surface area contributed by atoms with Gasteiger partial charge in [0.25, 0.3) is 0 Å². The van der Waals surface area contributed by atoms with Gasteiger partial charge in [-0.25, -0.2) is 0 Å². The number of rotatable bonds is 5. The lowest BCUT2D eigenvalue weighted by molar-refractivity contribution is -0.342. The molecule has 11 heteroatoms. The Morgan fingerprint density at radius 3 is 1.96 bits per heavy atom. The fourth-order valence-electron chi connectivity index (χ4n) is 2.64. The van der Waals surface area contributed by atoms with Gasteiger partial charge < -0.3 is 55.1 Å². The van der Waals surface area contributed by atoms with Gasteiger partial charge in [0.05, 0.1) is 19.8 Å². The Balaban J connectivity index is 2.15. The summed E-state index contributed by atoms with van der Waals surface area (Å²) in [5.74, 6) is -2.37. The number of aliphatic hydroxyl groups excluding tert-OH is 7. The van der Waals surface area contributed by atoms with Crippen LogP contribution in [0.2, 0.25) is 0 Å². The molecule has 2 aliphatic heterocycles. The second kappa shape index (κ2) is 7.21. The second-order valence-corrected chi connectivity index (χ2v) is 5.59. The normalized spacial score (nSPS) is 51.1. The van der Waals surface area contributed by atoms with E-state index in [9.17, 15) is 30.6 Å². The summed E-state index contributed by atoms with van der Waals surface area (Å²) < 4.78 is 15.2. The van der Waals surface area contributed by atoms with Gasteiger partial charge in [-0.3, -0.25) is 0 Å². The van der Waals surface area contributed by atoms with E-state index in [1.54, 1.807) is 0 Å². The van der Waals surface area contributed by atoms with Crippen molar-refractivity contribution in [1.29, 1.82) is 0 Å². The molecule has 2 heterocycles. The van der Waals surface area contributed by atoms with Gasteiger partial charge in [-0.05, 0) is 0 Å². The van der Waals surface area contributed by atoms with Crippen LogP contribution in [0.25, 0.3) is 0 Å². The molecule has 9 atom stereocenters. The molecule has 2 rings (SSSR count). The molecule has 11 nitrogen and oxygen atoms in total. The zero-order valence-electron chi connectivity index (χ0n) is 12.0. The van der Waals surface area contributed by atoms with E-state index in [0.717, 1.165) is 0 Å². The first-order valence-corrected chi connectivity index (χ1v) is 7.05. The lowest BCUT2D eigenvalue weighted by Crippen LogP contribution is -2.61. The minimum absolute atomic E-state index is 0.669. The predicted octanol–water partition coefficient (Wildman–Crippen LogP) is -5.40. The van der Waals surface area contributed by atoms with Crippen molar-refractivity contribution in [3.63, 3.8) is 0 Å². The van der Waals surface area contributed by atoms with E-state index in [1.807, 2.05) is 0 Å². The average Bonchev–Trinajstić information content (AvgIpc) is 2.79. The molecule has 2 saturated heterocycles. The number of hydrogen-bond donors (Lipinski definition) is 8. The fraction of sp³-hybridized carbons (Fsp3) is 1.00. The first-order chi connectivity index (χ1) is 10.8. The van der Waals surface area contributed by atoms with Crippen molar-refractivity contribution >= 4 is 0 Å². The molecule has 2 fully saturated rings. The highest BCUT2D eigenvalue weighted by Crippen LogP contribution is 2.34. The van der Waals surface area contributed by atoms with Crippen LogP contribution in [0.1, 0.15) is 0 Å². The summed E-state index contributed by atoms with van der Waals surface area (Å²) in [6.45, 7) is -2.33. The van der Waals surface area contributed by atoms with Gasteiger partial charge in [0, 0.05) is 0 Å². The van der Waals surface area contributed by atoms with Crippen LogP contribution in [0, 0.1) is 0 Å². The minimum Gasteiger partial charge on any atom is -0.394 e. The zero-order chi connectivity index (χ0) is 17.4. The summed E-state index contributed by atoms with van der Waals surface area (Å²) in [7, 11) is 0. The van der Waals surface area contributed by atoms with Crippen molar-refractivity contribution in [3.05, 3.63) is 0 Å². The molecule has 8 N–H and O–H groups in total. The molecule has 0 spiro atoms. The molecular formula is C12H22O11. The number of ether oxygens (including phenoxy) is 3.